The Labute approximate surface area is 107 Å². The molecule has 1 atom stereocenters. The van der Waals surface area contributed by atoms with Crippen molar-refractivity contribution in [3.05, 3.63) is 24.2 Å². The van der Waals surface area contributed by atoms with Crippen LogP contribution >= 0.6 is 0 Å². The molecule has 1 aliphatic carbocycles. The summed E-state index contributed by atoms with van der Waals surface area (Å²) < 4.78 is 4.86. The zero-order valence-corrected chi connectivity index (χ0v) is 10.8. The molecule has 1 amide bonds. The third kappa shape index (κ3) is 3.13. The second-order valence-electron chi connectivity index (χ2n) is 5.39. The third-order valence-electron chi connectivity index (χ3n) is 3.87. The summed E-state index contributed by atoms with van der Waals surface area (Å²) in [5.74, 6) is 0.0933. The molecule has 1 aromatic rings. The highest BCUT2D eigenvalue weighted by molar-refractivity contribution is 5.93. The van der Waals surface area contributed by atoms with E-state index in [1.165, 1.54) is 31.8 Å². The first-order chi connectivity index (χ1) is 8.59. The van der Waals surface area contributed by atoms with Crippen LogP contribution in [0.1, 0.15) is 49.4 Å². The summed E-state index contributed by atoms with van der Waals surface area (Å²) in [5.41, 5.74) is -0.325. The molecular weight excluding hydrogens is 230 g/mol. The van der Waals surface area contributed by atoms with Crippen LogP contribution in [0, 0.1) is 5.92 Å². The summed E-state index contributed by atoms with van der Waals surface area (Å²) in [4.78, 5) is 11.8. The van der Waals surface area contributed by atoms with Crippen LogP contribution in [0.2, 0.25) is 0 Å². The number of aliphatic hydroxyl groups is 1. The van der Waals surface area contributed by atoms with Crippen molar-refractivity contribution < 1.29 is 14.3 Å². The van der Waals surface area contributed by atoms with Crippen molar-refractivity contribution in [1.82, 2.24) is 5.32 Å². The second kappa shape index (κ2) is 5.57. The number of rotatable bonds is 4. The molecule has 100 valence electrons. The van der Waals surface area contributed by atoms with Gasteiger partial charge in [0.25, 0.3) is 5.91 Å². The van der Waals surface area contributed by atoms with Gasteiger partial charge in [-0.2, -0.15) is 0 Å². The highest BCUT2D eigenvalue weighted by atomic mass is 16.3. The standard InChI is InChI=1S/C14H21NO3/c1-14(17,12-5-3-2-4-6-12)10-15-13(16)11-7-8-18-9-11/h7-9,12,17H,2-6,10H2,1H3,(H,15,16). The van der Waals surface area contributed by atoms with E-state index in [2.05, 4.69) is 5.32 Å². The van der Waals surface area contributed by atoms with Crippen molar-refractivity contribution >= 4 is 5.91 Å². The minimum atomic E-state index is -0.820. The molecule has 4 nitrogen and oxygen atoms in total. The third-order valence-corrected chi connectivity index (χ3v) is 3.87. The smallest absolute Gasteiger partial charge is 0.254 e. The predicted octanol–water partition coefficient (Wildman–Crippen LogP) is 2.34. The van der Waals surface area contributed by atoms with Gasteiger partial charge in [0, 0.05) is 6.54 Å². The van der Waals surface area contributed by atoms with E-state index in [0.717, 1.165) is 12.8 Å². The zero-order valence-electron chi connectivity index (χ0n) is 10.8. The SMILES string of the molecule is CC(O)(CNC(=O)c1ccoc1)C1CCCCC1. The first-order valence-corrected chi connectivity index (χ1v) is 6.62. The number of furan rings is 1. The summed E-state index contributed by atoms with van der Waals surface area (Å²) in [7, 11) is 0. The van der Waals surface area contributed by atoms with Crippen molar-refractivity contribution in [3.8, 4) is 0 Å². The summed E-state index contributed by atoms with van der Waals surface area (Å²) in [5, 5.41) is 13.2. The molecule has 1 heterocycles. The van der Waals surface area contributed by atoms with Crippen molar-refractivity contribution in [2.75, 3.05) is 6.54 Å². The molecule has 0 radical (unpaired) electrons. The first kappa shape index (κ1) is 13.1. The van der Waals surface area contributed by atoms with E-state index in [1.807, 2.05) is 6.92 Å². The Bertz CT molecular complexity index is 378. The van der Waals surface area contributed by atoms with E-state index in [4.69, 9.17) is 4.42 Å². The van der Waals surface area contributed by atoms with Crippen LogP contribution in [-0.4, -0.2) is 23.2 Å². The maximum Gasteiger partial charge on any atom is 0.254 e. The molecule has 1 aromatic heterocycles. The van der Waals surface area contributed by atoms with Gasteiger partial charge in [0.15, 0.2) is 0 Å². The average molecular weight is 251 g/mol. The molecule has 0 spiro atoms. The van der Waals surface area contributed by atoms with Crippen LogP contribution in [0.4, 0.5) is 0 Å². The van der Waals surface area contributed by atoms with Gasteiger partial charge in [-0.05, 0) is 31.7 Å². The molecule has 4 heteroatoms. The molecule has 1 saturated carbocycles. The molecule has 0 aliphatic heterocycles. The van der Waals surface area contributed by atoms with E-state index in [9.17, 15) is 9.90 Å². The van der Waals surface area contributed by atoms with E-state index < -0.39 is 5.60 Å². The predicted molar refractivity (Wildman–Crippen MR) is 68.2 cm³/mol. The van der Waals surface area contributed by atoms with Crippen LogP contribution in [0.5, 0.6) is 0 Å². The van der Waals surface area contributed by atoms with Crippen LogP contribution in [0.15, 0.2) is 23.0 Å². The van der Waals surface area contributed by atoms with Gasteiger partial charge in [-0.25, -0.2) is 0 Å². The van der Waals surface area contributed by atoms with Crippen molar-refractivity contribution in [2.45, 2.75) is 44.6 Å². The fourth-order valence-electron chi connectivity index (χ4n) is 2.62. The molecule has 0 saturated heterocycles. The lowest BCUT2D eigenvalue weighted by Gasteiger charge is -2.35. The molecule has 1 unspecified atom stereocenters. The van der Waals surface area contributed by atoms with Gasteiger partial charge in [0.1, 0.15) is 6.26 Å². The molecule has 2 N–H and O–H groups in total. The van der Waals surface area contributed by atoms with Gasteiger partial charge in [0.05, 0.1) is 17.4 Å². The lowest BCUT2D eigenvalue weighted by molar-refractivity contribution is -0.0143. The maximum absolute atomic E-state index is 11.8. The van der Waals surface area contributed by atoms with Crippen LogP contribution in [0.3, 0.4) is 0 Å². The number of nitrogens with one attached hydrogen (secondary N) is 1. The van der Waals surface area contributed by atoms with Crippen LogP contribution < -0.4 is 5.32 Å². The van der Waals surface area contributed by atoms with Gasteiger partial charge in [0.2, 0.25) is 0 Å². The quantitative estimate of drug-likeness (QED) is 0.863. The monoisotopic (exact) mass is 251 g/mol. The van der Waals surface area contributed by atoms with Gasteiger partial charge in [-0.3, -0.25) is 4.79 Å². The molecule has 1 fully saturated rings. The van der Waals surface area contributed by atoms with Gasteiger partial charge >= 0.3 is 0 Å². The lowest BCUT2D eigenvalue weighted by Crippen LogP contribution is -2.46. The van der Waals surface area contributed by atoms with E-state index >= 15 is 0 Å². The topological polar surface area (TPSA) is 62.5 Å². The van der Waals surface area contributed by atoms with Gasteiger partial charge < -0.3 is 14.8 Å². The molecule has 0 aromatic carbocycles. The maximum atomic E-state index is 11.8. The number of carbonyl (C=O) groups excluding carboxylic acids is 1. The van der Waals surface area contributed by atoms with Crippen molar-refractivity contribution in [2.24, 2.45) is 5.92 Å². The minimum absolute atomic E-state index is 0.195. The zero-order chi connectivity index (χ0) is 13.0. The largest absolute Gasteiger partial charge is 0.472 e. The summed E-state index contributed by atoms with van der Waals surface area (Å²) in [6.07, 6.45) is 8.59. The Morgan fingerprint density at radius 2 is 2.22 bits per heavy atom. The molecule has 2 rings (SSSR count). The van der Waals surface area contributed by atoms with Crippen molar-refractivity contribution in [1.29, 1.82) is 0 Å². The first-order valence-electron chi connectivity index (χ1n) is 6.62. The van der Waals surface area contributed by atoms with Gasteiger partial charge in [-0.15, -0.1) is 0 Å². The fourth-order valence-corrected chi connectivity index (χ4v) is 2.62. The number of hydrogen-bond acceptors (Lipinski definition) is 3. The second-order valence-corrected chi connectivity index (χ2v) is 5.39. The molecular formula is C14H21NO3. The molecule has 1 aliphatic rings. The Kier molecular flexibility index (Phi) is 4.07. The number of hydrogen-bond donors (Lipinski definition) is 2. The highest BCUT2D eigenvalue weighted by Gasteiger charge is 2.33. The molecule has 18 heavy (non-hydrogen) atoms. The van der Waals surface area contributed by atoms with Crippen molar-refractivity contribution in [3.63, 3.8) is 0 Å². The lowest BCUT2D eigenvalue weighted by atomic mass is 9.78. The van der Waals surface area contributed by atoms with Crippen LogP contribution in [-0.2, 0) is 0 Å². The van der Waals surface area contributed by atoms with Gasteiger partial charge in [-0.1, -0.05) is 19.3 Å². The van der Waals surface area contributed by atoms with E-state index in [0.29, 0.717) is 12.1 Å². The fraction of sp³-hybridized carbons (Fsp3) is 0.643. The van der Waals surface area contributed by atoms with E-state index in [-0.39, 0.29) is 11.8 Å². The Balaban J connectivity index is 1.86. The minimum Gasteiger partial charge on any atom is -0.472 e. The summed E-state index contributed by atoms with van der Waals surface area (Å²) >= 11 is 0. The van der Waals surface area contributed by atoms with Crippen LogP contribution in [0.25, 0.3) is 0 Å². The summed E-state index contributed by atoms with van der Waals surface area (Å²) in [6, 6.07) is 1.62. The number of carbonyl (C=O) groups is 1. The Hall–Kier alpha value is -1.29. The Morgan fingerprint density at radius 1 is 1.50 bits per heavy atom. The normalized spacial score (nSPS) is 20.3. The van der Waals surface area contributed by atoms with E-state index in [1.54, 1.807) is 6.07 Å². The summed E-state index contributed by atoms with van der Waals surface area (Å²) in [6.45, 7) is 2.11. The highest BCUT2D eigenvalue weighted by Crippen LogP contribution is 2.32. The number of amides is 1. The molecule has 0 bridgehead atoms. The Morgan fingerprint density at radius 3 is 2.83 bits per heavy atom. The average Bonchev–Trinajstić information content (AvgIpc) is 2.91.